The molecular weight excluding hydrogens is 297 g/mol. The summed E-state index contributed by atoms with van der Waals surface area (Å²) in [5, 5.41) is 0. The SMILES string of the molecule is CC(=O)N(CC(=O)N1CCN(c2ccc(F)cc2)CC1)C(C)C. The largest absolute Gasteiger partial charge is 0.368 e. The number of carbonyl (C=O) groups is 2. The molecule has 1 heterocycles. The van der Waals surface area contributed by atoms with Crippen molar-refractivity contribution in [2.75, 3.05) is 37.6 Å². The van der Waals surface area contributed by atoms with E-state index in [1.165, 1.54) is 19.1 Å². The van der Waals surface area contributed by atoms with E-state index in [1.54, 1.807) is 21.9 Å². The lowest BCUT2D eigenvalue weighted by Crippen LogP contribution is -2.52. The van der Waals surface area contributed by atoms with Crippen LogP contribution < -0.4 is 4.90 Å². The van der Waals surface area contributed by atoms with Gasteiger partial charge in [0.2, 0.25) is 11.8 Å². The number of piperazine rings is 1. The predicted molar refractivity (Wildman–Crippen MR) is 87.7 cm³/mol. The van der Waals surface area contributed by atoms with Crippen molar-refractivity contribution < 1.29 is 14.0 Å². The molecule has 126 valence electrons. The van der Waals surface area contributed by atoms with Gasteiger partial charge in [-0.15, -0.1) is 0 Å². The van der Waals surface area contributed by atoms with Crippen LogP contribution in [0, 0.1) is 5.82 Å². The van der Waals surface area contributed by atoms with Crippen LogP contribution in [0.4, 0.5) is 10.1 Å². The number of hydrogen-bond donors (Lipinski definition) is 0. The van der Waals surface area contributed by atoms with E-state index >= 15 is 0 Å². The average Bonchev–Trinajstić information content (AvgIpc) is 2.52. The van der Waals surface area contributed by atoms with Crippen LogP contribution in [0.25, 0.3) is 0 Å². The Morgan fingerprint density at radius 2 is 1.70 bits per heavy atom. The molecule has 0 bridgehead atoms. The fraction of sp³-hybridized carbons (Fsp3) is 0.529. The number of amides is 2. The molecule has 0 N–H and O–H groups in total. The molecule has 1 saturated heterocycles. The van der Waals surface area contributed by atoms with Gasteiger partial charge in [-0.3, -0.25) is 9.59 Å². The second-order valence-electron chi connectivity index (χ2n) is 6.08. The van der Waals surface area contributed by atoms with E-state index in [2.05, 4.69) is 4.90 Å². The monoisotopic (exact) mass is 321 g/mol. The summed E-state index contributed by atoms with van der Waals surface area (Å²) >= 11 is 0. The molecule has 23 heavy (non-hydrogen) atoms. The summed E-state index contributed by atoms with van der Waals surface area (Å²) < 4.78 is 13.0. The van der Waals surface area contributed by atoms with Gasteiger partial charge in [0.1, 0.15) is 5.82 Å². The lowest BCUT2D eigenvalue weighted by Gasteiger charge is -2.37. The Kier molecular flexibility index (Phi) is 5.58. The first-order valence-corrected chi connectivity index (χ1v) is 7.94. The molecule has 0 saturated carbocycles. The van der Waals surface area contributed by atoms with Crippen LogP contribution in [-0.4, -0.2) is 60.4 Å². The van der Waals surface area contributed by atoms with Gasteiger partial charge in [-0.1, -0.05) is 0 Å². The third kappa shape index (κ3) is 4.43. The Morgan fingerprint density at radius 1 is 1.13 bits per heavy atom. The van der Waals surface area contributed by atoms with Crippen molar-refractivity contribution in [2.24, 2.45) is 0 Å². The maximum atomic E-state index is 13.0. The van der Waals surface area contributed by atoms with Gasteiger partial charge in [0.25, 0.3) is 0 Å². The minimum Gasteiger partial charge on any atom is -0.368 e. The van der Waals surface area contributed by atoms with Crippen molar-refractivity contribution in [3.8, 4) is 0 Å². The predicted octanol–water partition coefficient (Wildman–Crippen LogP) is 1.73. The number of hydrogen-bond acceptors (Lipinski definition) is 3. The molecule has 2 rings (SSSR count). The van der Waals surface area contributed by atoms with Gasteiger partial charge in [0.15, 0.2) is 0 Å². The highest BCUT2D eigenvalue weighted by Gasteiger charge is 2.24. The van der Waals surface area contributed by atoms with E-state index in [1.807, 2.05) is 13.8 Å². The molecule has 6 heteroatoms. The Hall–Kier alpha value is -2.11. The normalized spacial score (nSPS) is 15.0. The first kappa shape index (κ1) is 17.2. The summed E-state index contributed by atoms with van der Waals surface area (Å²) in [4.78, 5) is 29.5. The minimum atomic E-state index is -0.249. The van der Waals surface area contributed by atoms with Crippen LogP contribution in [0.5, 0.6) is 0 Å². The first-order chi connectivity index (χ1) is 10.9. The van der Waals surface area contributed by atoms with Gasteiger partial charge in [-0.25, -0.2) is 4.39 Å². The topological polar surface area (TPSA) is 43.9 Å². The van der Waals surface area contributed by atoms with E-state index in [-0.39, 0.29) is 30.2 Å². The van der Waals surface area contributed by atoms with E-state index in [0.717, 1.165) is 5.69 Å². The van der Waals surface area contributed by atoms with Crippen molar-refractivity contribution in [3.05, 3.63) is 30.1 Å². The standard InChI is InChI=1S/C17H24FN3O2/c1-13(2)21(14(3)22)12-17(23)20-10-8-19(9-11-20)16-6-4-15(18)5-7-16/h4-7,13H,8-12H2,1-3H3. The Balaban J connectivity index is 1.89. The summed E-state index contributed by atoms with van der Waals surface area (Å²) in [6.07, 6.45) is 0. The molecule has 0 radical (unpaired) electrons. The summed E-state index contributed by atoms with van der Waals surface area (Å²) in [6, 6.07) is 6.41. The van der Waals surface area contributed by atoms with Gasteiger partial charge >= 0.3 is 0 Å². The Labute approximate surface area is 136 Å². The second kappa shape index (κ2) is 7.44. The number of rotatable bonds is 4. The summed E-state index contributed by atoms with van der Waals surface area (Å²) in [5.74, 6) is -0.355. The Bertz CT molecular complexity index is 551. The third-order valence-corrected chi connectivity index (χ3v) is 4.16. The van der Waals surface area contributed by atoms with Crippen LogP contribution in [-0.2, 0) is 9.59 Å². The Morgan fingerprint density at radius 3 is 2.17 bits per heavy atom. The highest BCUT2D eigenvalue weighted by Crippen LogP contribution is 2.17. The van der Waals surface area contributed by atoms with Crippen molar-refractivity contribution in [3.63, 3.8) is 0 Å². The first-order valence-electron chi connectivity index (χ1n) is 7.94. The highest BCUT2D eigenvalue weighted by molar-refractivity contribution is 5.84. The van der Waals surface area contributed by atoms with Gasteiger partial charge < -0.3 is 14.7 Å². The number of nitrogens with zero attached hydrogens (tertiary/aromatic N) is 3. The smallest absolute Gasteiger partial charge is 0.242 e. The van der Waals surface area contributed by atoms with E-state index in [0.29, 0.717) is 26.2 Å². The number of carbonyl (C=O) groups excluding carboxylic acids is 2. The lowest BCUT2D eigenvalue weighted by molar-refractivity contribution is -0.141. The molecule has 1 aliphatic heterocycles. The molecule has 0 aromatic heterocycles. The molecule has 1 aliphatic rings. The maximum Gasteiger partial charge on any atom is 0.242 e. The summed E-state index contributed by atoms with van der Waals surface area (Å²) in [5.41, 5.74) is 0.964. The zero-order valence-electron chi connectivity index (χ0n) is 14.0. The lowest BCUT2D eigenvalue weighted by atomic mass is 10.2. The second-order valence-corrected chi connectivity index (χ2v) is 6.08. The molecular formula is C17H24FN3O2. The van der Waals surface area contributed by atoms with Gasteiger partial charge in [0.05, 0.1) is 6.54 Å². The zero-order valence-corrected chi connectivity index (χ0v) is 14.0. The molecule has 1 aromatic rings. The molecule has 0 spiro atoms. The van der Waals surface area contributed by atoms with Crippen LogP contribution in [0.1, 0.15) is 20.8 Å². The quantitative estimate of drug-likeness (QED) is 0.848. The minimum absolute atomic E-state index is 0.0111. The highest BCUT2D eigenvalue weighted by atomic mass is 19.1. The zero-order chi connectivity index (χ0) is 17.0. The van der Waals surface area contributed by atoms with Crippen LogP contribution in [0.2, 0.25) is 0 Å². The average molecular weight is 321 g/mol. The van der Waals surface area contributed by atoms with Crippen molar-refractivity contribution in [1.29, 1.82) is 0 Å². The molecule has 1 aromatic carbocycles. The van der Waals surface area contributed by atoms with Crippen LogP contribution in [0.3, 0.4) is 0 Å². The fourth-order valence-corrected chi connectivity index (χ4v) is 2.77. The molecule has 2 amide bonds. The summed E-state index contributed by atoms with van der Waals surface area (Å²) in [6.45, 7) is 8.06. The molecule has 0 unspecified atom stereocenters. The van der Waals surface area contributed by atoms with E-state index < -0.39 is 0 Å². The van der Waals surface area contributed by atoms with Gasteiger partial charge in [0, 0.05) is 44.8 Å². The van der Waals surface area contributed by atoms with Gasteiger partial charge in [-0.2, -0.15) is 0 Å². The molecule has 1 fully saturated rings. The van der Waals surface area contributed by atoms with Crippen LogP contribution >= 0.6 is 0 Å². The molecule has 5 nitrogen and oxygen atoms in total. The maximum absolute atomic E-state index is 13.0. The molecule has 0 aliphatic carbocycles. The van der Waals surface area contributed by atoms with E-state index in [9.17, 15) is 14.0 Å². The number of halogens is 1. The van der Waals surface area contributed by atoms with Crippen molar-refractivity contribution >= 4 is 17.5 Å². The number of anilines is 1. The van der Waals surface area contributed by atoms with Gasteiger partial charge in [-0.05, 0) is 38.1 Å². The van der Waals surface area contributed by atoms with Crippen LogP contribution in [0.15, 0.2) is 24.3 Å². The van der Waals surface area contributed by atoms with Crippen molar-refractivity contribution in [1.82, 2.24) is 9.80 Å². The third-order valence-electron chi connectivity index (χ3n) is 4.16. The number of benzene rings is 1. The van der Waals surface area contributed by atoms with E-state index in [4.69, 9.17) is 0 Å². The summed E-state index contributed by atoms with van der Waals surface area (Å²) in [7, 11) is 0. The van der Waals surface area contributed by atoms with Crippen molar-refractivity contribution in [2.45, 2.75) is 26.8 Å². The molecule has 0 atom stereocenters. The fourth-order valence-electron chi connectivity index (χ4n) is 2.77.